The first-order valence-corrected chi connectivity index (χ1v) is 15.6. The molecule has 7 heteroatoms. The molecule has 5 nitrogen and oxygen atoms in total. The quantitative estimate of drug-likeness (QED) is 0.308. The third-order valence-electron chi connectivity index (χ3n) is 5.41. The highest BCUT2D eigenvalue weighted by molar-refractivity contribution is 8.01. The zero-order valence-corrected chi connectivity index (χ0v) is 23.5. The maximum Gasteiger partial charge on any atom is 0.303 e. The van der Waals surface area contributed by atoms with Crippen LogP contribution in [-0.2, 0) is 20.4 Å². The van der Waals surface area contributed by atoms with Crippen molar-refractivity contribution in [3.63, 3.8) is 0 Å². The summed E-state index contributed by atoms with van der Waals surface area (Å²) in [5, 5.41) is 29.3. The van der Waals surface area contributed by atoms with Crippen molar-refractivity contribution in [3.05, 3.63) is 53.6 Å². The van der Waals surface area contributed by atoms with Crippen molar-refractivity contribution in [2.75, 3.05) is 5.38 Å². The number of aromatic hydroxyl groups is 1. The number of thioether (sulfide) groups is 1. The molecule has 0 aliphatic rings. The molecule has 188 valence electrons. The van der Waals surface area contributed by atoms with Gasteiger partial charge >= 0.3 is 11.9 Å². The number of phenolic OH excluding ortho intramolecular Hbond substituents is 1. The summed E-state index contributed by atoms with van der Waals surface area (Å²) in [5.74, 6) is -1.69. The van der Waals surface area contributed by atoms with Gasteiger partial charge in [0.05, 0.1) is 20.9 Å². The zero-order valence-electron chi connectivity index (χ0n) is 21.7. The van der Waals surface area contributed by atoms with Crippen LogP contribution in [0.25, 0.3) is 0 Å². The molecule has 0 aliphatic carbocycles. The van der Waals surface area contributed by atoms with Gasteiger partial charge < -0.3 is 15.3 Å². The van der Waals surface area contributed by atoms with Crippen molar-refractivity contribution in [3.8, 4) is 5.75 Å². The minimum atomic E-state index is -1.50. The van der Waals surface area contributed by atoms with Crippen LogP contribution in [0.2, 0.25) is 13.1 Å². The van der Waals surface area contributed by atoms with Crippen molar-refractivity contribution >= 4 is 37.0 Å². The molecular formula is C27H40O5SSi. The minimum absolute atomic E-state index is 0.0764. The van der Waals surface area contributed by atoms with Gasteiger partial charge in [0.25, 0.3) is 0 Å². The first-order valence-electron chi connectivity index (χ1n) is 11.4. The van der Waals surface area contributed by atoms with E-state index in [9.17, 15) is 14.7 Å². The van der Waals surface area contributed by atoms with Crippen LogP contribution in [0.5, 0.6) is 5.75 Å². The largest absolute Gasteiger partial charge is 0.507 e. The summed E-state index contributed by atoms with van der Waals surface area (Å²) in [6.07, 6.45) is -0.593. The number of aliphatic carboxylic acids is 2. The van der Waals surface area contributed by atoms with Crippen LogP contribution >= 0.6 is 11.8 Å². The van der Waals surface area contributed by atoms with Gasteiger partial charge in [-0.15, -0.1) is 11.8 Å². The van der Waals surface area contributed by atoms with E-state index in [0.29, 0.717) is 5.75 Å². The van der Waals surface area contributed by atoms with Crippen LogP contribution in [0.3, 0.4) is 0 Å². The van der Waals surface area contributed by atoms with E-state index >= 15 is 0 Å². The van der Waals surface area contributed by atoms with E-state index in [1.54, 1.807) is 0 Å². The van der Waals surface area contributed by atoms with Gasteiger partial charge in [0, 0.05) is 16.0 Å². The Labute approximate surface area is 209 Å². The van der Waals surface area contributed by atoms with E-state index in [4.69, 9.17) is 10.2 Å². The number of carboxylic acids is 2. The maximum atomic E-state index is 10.9. The molecule has 0 saturated heterocycles. The van der Waals surface area contributed by atoms with Crippen LogP contribution in [0, 0.1) is 0 Å². The van der Waals surface area contributed by atoms with Crippen LogP contribution in [0.1, 0.15) is 65.5 Å². The monoisotopic (exact) mass is 504 g/mol. The average molecular weight is 505 g/mol. The van der Waals surface area contributed by atoms with Crippen molar-refractivity contribution in [1.82, 2.24) is 0 Å². The number of hydrogen-bond donors (Lipinski definition) is 3. The number of hydrogen-bond acceptors (Lipinski definition) is 4. The third kappa shape index (κ3) is 9.55. The number of carbonyl (C=O) groups is 2. The fourth-order valence-corrected chi connectivity index (χ4v) is 7.56. The van der Waals surface area contributed by atoms with E-state index in [-0.39, 0.29) is 23.7 Å². The molecule has 0 atom stereocenters. The Balaban J connectivity index is 0.000000620. The highest BCUT2D eigenvalue weighted by Crippen LogP contribution is 2.42. The Morgan fingerprint density at radius 3 is 1.59 bits per heavy atom. The molecule has 34 heavy (non-hydrogen) atoms. The van der Waals surface area contributed by atoms with Gasteiger partial charge in [-0.2, -0.15) is 0 Å². The Bertz CT molecular complexity index is 924. The summed E-state index contributed by atoms with van der Waals surface area (Å²) in [6.45, 7) is 17.9. The molecule has 0 amide bonds. The Morgan fingerprint density at radius 2 is 1.24 bits per heavy atom. The molecule has 0 radical (unpaired) electrons. The number of phenols is 1. The van der Waals surface area contributed by atoms with Gasteiger partial charge in [-0.05, 0) is 28.3 Å². The molecule has 0 saturated carbocycles. The second kappa shape index (κ2) is 11.9. The second-order valence-corrected chi connectivity index (χ2v) is 17.5. The maximum absolute atomic E-state index is 10.9. The van der Waals surface area contributed by atoms with E-state index < -0.39 is 20.0 Å². The standard InChI is InChI=1S/C23H34OSSi.C4H6O4/c1-22(2,3)19-14-17(15-20(21(19)24)23(4,5)6)25-16-26(7,8)18-12-10-9-11-13-18;5-3(6)1-2-4(7)8/h9-15,24H,16H2,1-8H3;1-2H2,(H,5,6)(H,7,8). The lowest BCUT2D eigenvalue weighted by atomic mass is 9.79. The van der Waals surface area contributed by atoms with Crippen molar-refractivity contribution < 1.29 is 24.9 Å². The topological polar surface area (TPSA) is 94.8 Å². The van der Waals surface area contributed by atoms with Gasteiger partial charge in [0.2, 0.25) is 0 Å². The second-order valence-electron chi connectivity index (χ2n) is 11.2. The molecule has 2 rings (SSSR count). The SMILES string of the molecule is CC(C)(C)c1cc(SC[Si](C)(C)c2ccccc2)cc(C(C)(C)C)c1O.O=C(O)CCC(=O)O. The average Bonchev–Trinajstić information content (AvgIpc) is 2.71. The van der Waals surface area contributed by atoms with Crippen LogP contribution in [0.15, 0.2) is 47.4 Å². The summed E-state index contributed by atoms with van der Waals surface area (Å²) in [5.41, 5.74) is 1.94. The zero-order chi connectivity index (χ0) is 26.3. The van der Waals surface area contributed by atoms with E-state index in [2.05, 4.69) is 97.1 Å². The normalized spacial score (nSPS) is 12.0. The van der Waals surface area contributed by atoms with Gasteiger partial charge in [0.15, 0.2) is 0 Å². The molecule has 0 heterocycles. The molecule has 0 unspecified atom stereocenters. The predicted octanol–water partition coefficient (Wildman–Crippen LogP) is 6.17. The molecule has 2 aromatic carbocycles. The van der Waals surface area contributed by atoms with Crippen LogP contribution in [-0.4, -0.2) is 40.7 Å². The Hall–Kier alpha value is -2.25. The molecule has 0 aliphatic heterocycles. The van der Waals surface area contributed by atoms with E-state index in [1.165, 1.54) is 10.1 Å². The smallest absolute Gasteiger partial charge is 0.303 e. The summed E-state index contributed by atoms with van der Waals surface area (Å²) in [6, 6.07) is 15.3. The lowest BCUT2D eigenvalue weighted by Gasteiger charge is -2.29. The molecule has 3 N–H and O–H groups in total. The minimum Gasteiger partial charge on any atom is -0.507 e. The lowest BCUT2D eigenvalue weighted by molar-refractivity contribution is -0.143. The van der Waals surface area contributed by atoms with Gasteiger partial charge in [-0.25, -0.2) is 0 Å². The van der Waals surface area contributed by atoms with E-state index in [0.717, 1.165) is 16.5 Å². The summed E-state index contributed by atoms with van der Waals surface area (Å²) in [7, 11) is -1.50. The van der Waals surface area contributed by atoms with E-state index in [1.807, 2.05) is 11.8 Å². The third-order valence-corrected chi connectivity index (χ3v) is 11.3. The van der Waals surface area contributed by atoms with Crippen LogP contribution < -0.4 is 5.19 Å². The first-order chi connectivity index (χ1) is 15.4. The predicted molar refractivity (Wildman–Crippen MR) is 144 cm³/mol. The summed E-state index contributed by atoms with van der Waals surface area (Å²) < 4.78 is 0. The Morgan fingerprint density at radius 1 is 0.824 bits per heavy atom. The lowest BCUT2D eigenvalue weighted by Crippen LogP contribution is -2.44. The number of rotatable bonds is 7. The van der Waals surface area contributed by atoms with Crippen molar-refractivity contribution in [2.24, 2.45) is 0 Å². The molecular weight excluding hydrogens is 464 g/mol. The number of benzene rings is 2. The first kappa shape index (κ1) is 29.8. The molecule has 0 spiro atoms. The van der Waals surface area contributed by atoms with Crippen LogP contribution in [0.4, 0.5) is 0 Å². The highest BCUT2D eigenvalue weighted by Gasteiger charge is 2.28. The molecule has 0 aromatic heterocycles. The van der Waals surface area contributed by atoms with Gasteiger partial charge in [-0.3, -0.25) is 9.59 Å². The fourth-order valence-electron chi connectivity index (χ4n) is 3.29. The van der Waals surface area contributed by atoms with Crippen molar-refractivity contribution in [2.45, 2.75) is 83.2 Å². The number of carboxylic acid groups (broad SMARTS) is 2. The molecule has 2 aromatic rings. The van der Waals surface area contributed by atoms with Gasteiger partial charge in [0.1, 0.15) is 5.75 Å². The van der Waals surface area contributed by atoms with Gasteiger partial charge in [-0.1, -0.05) is 90.2 Å². The summed E-state index contributed by atoms with van der Waals surface area (Å²) in [4.78, 5) is 20.6. The summed E-state index contributed by atoms with van der Waals surface area (Å²) >= 11 is 1.94. The molecule has 0 bridgehead atoms. The fraction of sp³-hybridized carbons (Fsp3) is 0.481. The molecule has 0 fully saturated rings. The van der Waals surface area contributed by atoms with Crippen molar-refractivity contribution in [1.29, 1.82) is 0 Å². The highest BCUT2D eigenvalue weighted by atomic mass is 32.2. The Kier molecular flexibility index (Phi) is 10.5.